The van der Waals surface area contributed by atoms with Crippen molar-refractivity contribution in [3.05, 3.63) is 59.9 Å². The van der Waals surface area contributed by atoms with Gasteiger partial charge in [0.25, 0.3) is 0 Å². The molecule has 1 aromatic heterocycles. The van der Waals surface area contributed by atoms with Gasteiger partial charge in [0.1, 0.15) is 5.69 Å². The molecule has 2 N–H and O–H groups in total. The fourth-order valence-electron chi connectivity index (χ4n) is 1.79. The number of rotatable bonds is 6. The van der Waals surface area contributed by atoms with Gasteiger partial charge in [-0.1, -0.05) is 18.2 Å². The Labute approximate surface area is 133 Å². The molecule has 1 aromatic carbocycles. The van der Waals surface area contributed by atoms with E-state index in [0.717, 1.165) is 0 Å². The van der Waals surface area contributed by atoms with Crippen LogP contribution >= 0.6 is 0 Å². The molecule has 0 amide bonds. The average molecular weight is 312 g/mol. The van der Waals surface area contributed by atoms with E-state index < -0.39 is 12.1 Å². The second-order valence-corrected chi connectivity index (χ2v) is 4.47. The Balaban J connectivity index is 2.24. The molecule has 0 radical (unpaired) electrons. The highest BCUT2D eigenvalue weighted by Crippen LogP contribution is 2.22. The molecule has 0 aliphatic heterocycles. The number of ketones is 1. The Kier molecular flexibility index (Phi) is 5.65. The molecular weight excluding hydrogens is 296 g/mol. The predicted molar refractivity (Wildman–Crippen MR) is 83.2 cm³/mol. The standard InChI is InChI=1S/C16H16N4O3/c1-2-23-16(22)15(17)20-19-12-8-4-3-7-11(12)14(21)13-9-5-6-10-18-13/h3-10,15H,2,17H2,1H3. The molecule has 23 heavy (non-hydrogen) atoms. The molecule has 0 aliphatic rings. The smallest absolute Gasteiger partial charge is 0.347 e. The first-order chi connectivity index (χ1) is 11.1. The number of esters is 1. The summed E-state index contributed by atoms with van der Waals surface area (Å²) >= 11 is 0. The first-order valence-corrected chi connectivity index (χ1v) is 7.01. The fourth-order valence-corrected chi connectivity index (χ4v) is 1.79. The van der Waals surface area contributed by atoms with Crippen LogP contribution in [0.2, 0.25) is 0 Å². The topological polar surface area (TPSA) is 107 Å². The number of hydrogen-bond donors (Lipinski definition) is 1. The second-order valence-electron chi connectivity index (χ2n) is 4.47. The highest BCUT2D eigenvalue weighted by molar-refractivity contribution is 6.10. The number of aromatic nitrogens is 1. The summed E-state index contributed by atoms with van der Waals surface area (Å²) in [6.45, 7) is 1.87. The number of hydrogen-bond acceptors (Lipinski definition) is 7. The lowest BCUT2D eigenvalue weighted by Gasteiger charge is -2.06. The maximum absolute atomic E-state index is 12.5. The maximum Gasteiger partial charge on any atom is 0.347 e. The lowest BCUT2D eigenvalue weighted by Crippen LogP contribution is -2.29. The third-order valence-electron chi connectivity index (χ3n) is 2.86. The van der Waals surface area contributed by atoms with Crippen molar-refractivity contribution in [1.82, 2.24) is 4.98 Å². The van der Waals surface area contributed by atoms with Gasteiger partial charge in [-0.3, -0.25) is 15.5 Å². The van der Waals surface area contributed by atoms with Gasteiger partial charge < -0.3 is 4.74 Å². The van der Waals surface area contributed by atoms with E-state index in [9.17, 15) is 9.59 Å². The minimum Gasteiger partial charge on any atom is -0.463 e. The van der Waals surface area contributed by atoms with E-state index in [1.165, 1.54) is 6.20 Å². The van der Waals surface area contributed by atoms with Gasteiger partial charge in [0.2, 0.25) is 11.9 Å². The van der Waals surface area contributed by atoms with E-state index >= 15 is 0 Å². The second kappa shape index (κ2) is 7.90. The summed E-state index contributed by atoms with van der Waals surface area (Å²) in [5.74, 6) is -0.963. The lowest BCUT2D eigenvalue weighted by atomic mass is 10.1. The van der Waals surface area contributed by atoms with Gasteiger partial charge in [0.15, 0.2) is 0 Å². The number of benzene rings is 1. The normalized spacial score (nSPS) is 12.1. The molecular formula is C16H16N4O3. The van der Waals surface area contributed by atoms with Crippen LogP contribution in [0.5, 0.6) is 0 Å². The summed E-state index contributed by atoms with van der Waals surface area (Å²) < 4.78 is 4.74. The molecule has 1 atom stereocenters. The van der Waals surface area contributed by atoms with Crippen LogP contribution in [0.3, 0.4) is 0 Å². The maximum atomic E-state index is 12.5. The van der Waals surface area contributed by atoms with Crippen LogP contribution in [0.25, 0.3) is 0 Å². The molecule has 1 heterocycles. The van der Waals surface area contributed by atoms with Gasteiger partial charge in [-0.15, -0.1) is 0 Å². The van der Waals surface area contributed by atoms with Gasteiger partial charge in [-0.25, -0.2) is 4.79 Å². The van der Waals surface area contributed by atoms with Gasteiger partial charge in [0, 0.05) is 6.20 Å². The van der Waals surface area contributed by atoms with Crippen molar-refractivity contribution >= 4 is 17.4 Å². The van der Waals surface area contributed by atoms with E-state index in [-0.39, 0.29) is 12.4 Å². The van der Waals surface area contributed by atoms with Crippen LogP contribution in [0, 0.1) is 0 Å². The summed E-state index contributed by atoms with van der Waals surface area (Å²) in [5, 5.41) is 7.61. The van der Waals surface area contributed by atoms with Crippen molar-refractivity contribution in [2.45, 2.75) is 13.1 Å². The van der Waals surface area contributed by atoms with Crippen molar-refractivity contribution in [1.29, 1.82) is 0 Å². The minimum atomic E-state index is -1.23. The van der Waals surface area contributed by atoms with Crippen LogP contribution < -0.4 is 5.73 Å². The highest BCUT2D eigenvalue weighted by Gasteiger charge is 2.16. The molecule has 1 unspecified atom stereocenters. The van der Waals surface area contributed by atoms with Gasteiger partial charge >= 0.3 is 5.97 Å². The number of nitrogens with two attached hydrogens (primary N) is 1. The first-order valence-electron chi connectivity index (χ1n) is 7.01. The monoisotopic (exact) mass is 312 g/mol. The summed E-state index contributed by atoms with van der Waals surface area (Å²) in [4.78, 5) is 27.9. The van der Waals surface area contributed by atoms with Gasteiger partial charge in [0.05, 0.1) is 17.9 Å². The molecule has 2 rings (SSSR count). The molecule has 0 saturated heterocycles. The Hall–Kier alpha value is -2.93. The molecule has 0 saturated carbocycles. The summed E-state index contributed by atoms with van der Waals surface area (Å²) in [6.07, 6.45) is 0.307. The number of azo groups is 1. The summed E-state index contributed by atoms with van der Waals surface area (Å²) in [7, 11) is 0. The number of carbonyl (C=O) groups is 2. The third kappa shape index (κ3) is 4.27. The Morgan fingerprint density at radius 1 is 1.22 bits per heavy atom. The number of ether oxygens (including phenoxy) is 1. The van der Waals surface area contributed by atoms with Crippen molar-refractivity contribution in [2.75, 3.05) is 6.61 Å². The Morgan fingerprint density at radius 2 is 1.96 bits per heavy atom. The largest absolute Gasteiger partial charge is 0.463 e. The fraction of sp³-hybridized carbons (Fsp3) is 0.188. The molecule has 2 aromatic rings. The zero-order valence-corrected chi connectivity index (χ0v) is 12.5. The molecule has 7 nitrogen and oxygen atoms in total. The quantitative estimate of drug-likeness (QED) is 0.500. The van der Waals surface area contributed by atoms with Gasteiger partial charge in [-0.2, -0.15) is 10.2 Å². The van der Waals surface area contributed by atoms with Crippen molar-refractivity contribution in [2.24, 2.45) is 16.0 Å². The lowest BCUT2D eigenvalue weighted by molar-refractivity contribution is -0.144. The SMILES string of the molecule is CCOC(=O)C(N)N=Nc1ccccc1C(=O)c1ccccn1. The highest BCUT2D eigenvalue weighted by atomic mass is 16.5. The molecule has 118 valence electrons. The molecule has 0 bridgehead atoms. The molecule has 0 aliphatic carbocycles. The van der Waals surface area contributed by atoms with Crippen LogP contribution in [-0.4, -0.2) is 29.5 Å². The summed E-state index contributed by atoms with van der Waals surface area (Å²) in [6, 6.07) is 11.7. The van der Waals surface area contributed by atoms with Crippen molar-refractivity contribution in [3.8, 4) is 0 Å². The first kappa shape index (κ1) is 16.4. The van der Waals surface area contributed by atoms with Gasteiger partial charge in [-0.05, 0) is 31.2 Å². The van der Waals surface area contributed by atoms with E-state index in [1.54, 1.807) is 49.4 Å². The number of pyridine rings is 1. The minimum absolute atomic E-state index is 0.205. The molecule has 7 heteroatoms. The molecule has 0 spiro atoms. The Morgan fingerprint density at radius 3 is 2.65 bits per heavy atom. The summed E-state index contributed by atoms with van der Waals surface area (Å²) in [5.41, 5.74) is 6.49. The van der Waals surface area contributed by atoms with E-state index in [0.29, 0.717) is 16.9 Å². The van der Waals surface area contributed by atoms with Crippen LogP contribution in [0.15, 0.2) is 58.9 Å². The van der Waals surface area contributed by atoms with Crippen LogP contribution in [-0.2, 0) is 9.53 Å². The zero-order valence-electron chi connectivity index (χ0n) is 12.5. The number of nitrogens with zero attached hydrogens (tertiary/aromatic N) is 3. The Bertz CT molecular complexity index is 716. The van der Waals surface area contributed by atoms with Crippen molar-refractivity contribution < 1.29 is 14.3 Å². The zero-order chi connectivity index (χ0) is 16.7. The van der Waals surface area contributed by atoms with Crippen molar-refractivity contribution in [3.63, 3.8) is 0 Å². The van der Waals surface area contributed by atoms with Crippen LogP contribution in [0.4, 0.5) is 5.69 Å². The third-order valence-corrected chi connectivity index (χ3v) is 2.86. The predicted octanol–water partition coefficient (Wildman–Crippen LogP) is 2.24. The van der Waals surface area contributed by atoms with E-state index in [2.05, 4.69) is 15.2 Å². The average Bonchev–Trinajstić information content (AvgIpc) is 2.60. The molecule has 0 fully saturated rings. The van der Waals surface area contributed by atoms with E-state index in [1.807, 2.05) is 0 Å². The van der Waals surface area contributed by atoms with Crippen LogP contribution in [0.1, 0.15) is 23.0 Å². The number of carbonyl (C=O) groups excluding carboxylic acids is 2. The van der Waals surface area contributed by atoms with E-state index in [4.69, 9.17) is 10.5 Å².